The molecule has 0 radical (unpaired) electrons. The highest BCUT2D eigenvalue weighted by atomic mass is 16.7. The summed E-state index contributed by atoms with van der Waals surface area (Å²) < 4.78 is 18.3. The molecule has 1 atom stereocenters. The average Bonchev–Trinajstić information content (AvgIpc) is 3.38. The Hall–Kier alpha value is -4.01. The van der Waals surface area contributed by atoms with E-state index in [0.717, 1.165) is 22.5 Å². The van der Waals surface area contributed by atoms with Crippen molar-refractivity contribution in [2.45, 2.75) is 19.3 Å². The molecule has 1 unspecified atom stereocenters. The number of para-hydroxylation sites is 1. The zero-order chi connectivity index (χ0) is 22.0. The van der Waals surface area contributed by atoms with Crippen molar-refractivity contribution in [1.82, 2.24) is 9.78 Å². The van der Waals surface area contributed by atoms with Gasteiger partial charge in [0.1, 0.15) is 5.82 Å². The van der Waals surface area contributed by atoms with Crippen LogP contribution in [0.4, 0.5) is 5.82 Å². The molecule has 5 rings (SSSR count). The molecule has 0 saturated heterocycles. The minimum atomic E-state index is -0.250. The SMILES string of the molecule is COc1cc(C2CC(=O)Nc3c2c(C)nn3-c2ccccc2)cc2c1OCO2.O=CO. The Labute approximate surface area is 178 Å². The maximum atomic E-state index is 12.6. The molecule has 160 valence electrons. The van der Waals surface area contributed by atoms with E-state index < -0.39 is 0 Å². The standard InChI is InChI=1S/C21H19N3O4.CH2O2/c1-12-19-15(13-8-16(26-2)20-17(9-13)27-11-28-20)10-18(25)22-21(19)24(23-12)14-6-4-3-5-7-14;2-1-3/h3-9,15H,10-11H2,1-2H3,(H,22,25);1H,(H,2,3). The summed E-state index contributed by atoms with van der Waals surface area (Å²) in [6.45, 7) is 1.88. The molecule has 0 fully saturated rings. The number of nitrogens with one attached hydrogen (secondary N) is 1. The first-order valence-corrected chi connectivity index (χ1v) is 9.57. The van der Waals surface area contributed by atoms with Crippen LogP contribution in [0.3, 0.4) is 0 Å². The second-order valence-corrected chi connectivity index (χ2v) is 6.96. The largest absolute Gasteiger partial charge is 0.493 e. The van der Waals surface area contributed by atoms with Crippen LogP contribution >= 0.6 is 0 Å². The Bertz CT molecular complexity index is 1130. The highest BCUT2D eigenvalue weighted by Crippen LogP contribution is 2.47. The fourth-order valence-electron chi connectivity index (χ4n) is 3.94. The fourth-order valence-corrected chi connectivity index (χ4v) is 3.94. The summed E-state index contributed by atoms with van der Waals surface area (Å²) in [5, 5.41) is 14.6. The molecule has 0 bridgehead atoms. The van der Waals surface area contributed by atoms with Crippen LogP contribution in [0, 0.1) is 6.92 Å². The molecule has 9 nitrogen and oxygen atoms in total. The Balaban J connectivity index is 0.000000730. The predicted octanol–water partition coefficient (Wildman–Crippen LogP) is 3.09. The number of carbonyl (C=O) groups is 2. The van der Waals surface area contributed by atoms with Gasteiger partial charge in [0.05, 0.1) is 18.5 Å². The molecular weight excluding hydrogens is 402 g/mol. The van der Waals surface area contributed by atoms with E-state index in [-0.39, 0.29) is 25.1 Å². The number of ether oxygens (including phenoxy) is 3. The minimum Gasteiger partial charge on any atom is -0.493 e. The molecule has 1 amide bonds. The summed E-state index contributed by atoms with van der Waals surface area (Å²) in [5.74, 6) is 2.35. The van der Waals surface area contributed by atoms with Crippen molar-refractivity contribution in [2.75, 3.05) is 19.2 Å². The zero-order valence-electron chi connectivity index (χ0n) is 17.0. The quantitative estimate of drug-likeness (QED) is 0.623. The second-order valence-electron chi connectivity index (χ2n) is 6.96. The average molecular weight is 423 g/mol. The van der Waals surface area contributed by atoms with E-state index in [1.54, 1.807) is 11.8 Å². The van der Waals surface area contributed by atoms with Gasteiger partial charge in [-0.2, -0.15) is 5.10 Å². The Morgan fingerprint density at radius 2 is 2.00 bits per heavy atom. The van der Waals surface area contributed by atoms with Gasteiger partial charge in [-0.3, -0.25) is 9.59 Å². The summed E-state index contributed by atoms with van der Waals surface area (Å²) in [4.78, 5) is 20.9. The number of hydrogen-bond acceptors (Lipinski definition) is 6. The monoisotopic (exact) mass is 423 g/mol. The summed E-state index contributed by atoms with van der Waals surface area (Å²) in [6, 6.07) is 13.6. The van der Waals surface area contributed by atoms with E-state index in [1.165, 1.54) is 0 Å². The summed E-state index contributed by atoms with van der Waals surface area (Å²) in [6.07, 6.45) is 0.330. The summed E-state index contributed by atoms with van der Waals surface area (Å²) in [7, 11) is 1.60. The van der Waals surface area contributed by atoms with Gasteiger partial charge >= 0.3 is 0 Å². The highest BCUT2D eigenvalue weighted by molar-refractivity contribution is 5.95. The number of methoxy groups -OCH3 is 1. The van der Waals surface area contributed by atoms with Crippen LogP contribution in [-0.2, 0) is 9.59 Å². The maximum absolute atomic E-state index is 12.6. The van der Waals surface area contributed by atoms with Crippen molar-refractivity contribution in [3.05, 3.63) is 59.3 Å². The molecule has 0 saturated carbocycles. The van der Waals surface area contributed by atoms with Crippen molar-refractivity contribution < 1.29 is 28.9 Å². The molecule has 2 N–H and O–H groups in total. The first-order chi connectivity index (χ1) is 15.1. The predicted molar refractivity (Wildman–Crippen MR) is 111 cm³/mol. The highest BCUT2D eigenvalue weighted by Gasteiger charge is 2.34. The van der Waals surface area contributed by atoms with Gasteiger partial charge in [0.2, 0.25) is 18.4 Å². The van der Waals surface area contributed by atoms with Crippen molar-refractivity contribution in [1.29, 1.82) is 0 Å². The van der Waals surface area contributed by atoms with Crippen molar-refractivity contribution in [2.24, 2.45) is 0 Å². The van der Waals surface area contributed by atoms with Crippen LogP contribution in [0.2, 0.25) is 0 Å². The molecular formula is C22H21N3O6. The van der Waals surface area contributed by atoms with Crippen LogP contribution in [0.25, 0.3) is 5.69 Å². The molecule has 2 aliphatic heterocycles. The third kappa shape index (κ3) is 3.65. The van der Waals surface area contributed by atoms with Gasteiger partial charge in [0.25, 0.3) is 6.47 Å². The van der Waals surface area contributed by atoms with Crippen LogP contribution in [-0.4, -0.2) is 41.2 Å². The lowest BCUT2D eigenvalue weighted by atomic mass is 9.85. The van der Waals surface area contributed by atoms with Crippen molar-refractivity contribution in [3.63, 3.8) is 0 Å². The molecule has 1 aromatic heterocycles. The van der Waals surface area contributed by atoms with Gasteiger partial charge in [-0.1, -0.05) is 18.2 Å². The van der Waals surface area contributed by atoms with Gasteiger partial charge in [0.15, 0.2) is 11.5 Å². The number of benzene rings is 2. The van der Waals surface area contributed by atoms with E-state index in [2.05, 4.69) is 5.32 Å². The third-order valence-corrected chi connectivity index (χ3v) is 5.19. The van der Waals surface area contributed by atoms with Gasteiger partial charge in [-0.15, -0.1) is 0 Å². The molecule has 2 aliphatic rings. The number of carboxylic acid groups (broad SMARTS) is 1. The van der Waals surface area contributed by atoms with Crippen LogP contribution in [0.5, 0.6) is 17.2 Å². The number of aryl methyl sites for hydroxylation is 1. The van der Waals surface area contributed by atoms with Crippen molar-refractivity contribution in [3.8, 4) is 22.9 Å². The van der Waals surface area contributed by atoms with Gasteiger partial charge in [-0.25, -0.2) is 4.68 Å². The lowest BCUT2D eigenvalue weighted by molar-refractivity contribution is -0.123. The number of nitrogens with zero attached hydrogens (tertiary/aromatic N) is 2. The van der Waals surface area contributed by atoms with E-state index >= 15 is 0 Å². The summed E-state index contributed by atoms with van der Waals surface area (Å²) >= 11 is 0. The Morgan fingerprint density at radius 3 is 2.71 bits per heavy atom. The van der Waals surface area contributed by atoms with E-state index in [1.807, 2.05) is 49.4 Å². The Morgan fingerprint density at radius 1 is 1.26 bits per heavy atom. The zero-order valence-corrected chi connectivity index (χ0v) is 17.0. The normalized spacial score (nSPS) is 15.9. The minimum absolute atomic E-state index is 0.0498. The number of carbonyl (C=O) groups excluding carboxylic acids is 1. The number of anilines is 1. The van der Waals surface area contributed by atoms with E-state index in [0.29, 0.717) is 29.5 Å². The van der Waals surface area contributed by atoms with Crippen LogP contribution in [0.1, 0.15) is 29.2 Å². The lowest BCUT2D eigenvalue weighted by Gasteiger charge is -2.25. The van der Waals surface area contributed by atoms with Crippen LogP contribution in [0.15, 0.2) is 42.5 Å². The molecule has 3 aromatic rings. The number of fused-ring (bicyclic) bond motifs is 2. The topological polar surface area (TPSA) is 112 Å². The molecule has 9 heteroatoms. The summed E-state index contributed by atoms with van der Waals surface area (Å²) in [5.41, 5.74) is 3.72. The number of aromatic nitrogens is 2. The molecule has 0 aliphatic carbocycles. The first kappa shape index (κ1) is 20.3. The number of rotatable bonds is 3. The fraction of sp³-hybridized carbons (Fsp3) is 0.227. The van der Waals surface area contributed by atoms with Gasteiger partial charge in [-0.05, 0) is 36.8 Å². The molecule has 3 heterocycles. The van der Waals surface area contributed by atoms with Crippen LogP contribution < -0.4 is 19.5 Å². The maximum Gasteiger partial charge on any atom is 0.290 e. The van der Waals surface area contributed by atoms with E-state index in [4.69, 9.17) is 29.2 Å². The lowest BCUT2D eigenvalue weighted by Crippen LogP contribution is -2.25. The molecule has 0 spiro atoms. The first-order valence-electron chi connectivity index (χ1n) is 9.57. The number of hydrogen-bond donors (Lipinski definition) is 2. The van der Waals surface area contributed by atoms with E-state index in [9.17, 15) is 4.79 Å². The van der Waals surface area contributed by atoms with Gasteiger partial charge in [0, 0.05) is 17.9 Å². The molecule has 31 heavy (non-hydrogen) atoms. The van der Waals surface area contributed by atoms with Crippen molar-refractivity contribution >= 4 is 18.2 Å². The Kier molecular flexibility index (Phi) is 5.48. The number of amides is 1. The van der Waals surface area contributed by atoms with Gasteiger partial charge < -0.3 is 24.6 Å². The smallest absolute Gasteiger partial charge is 0.290 e. The third-order valence-electron chi connectivity index (χ3n) is 5.19. The second kappa shape index (κ2) is 8.39. The molecule has 2 aromatic carbocycles.